The van der Waals surface area contributed by atoms with Gasteiger partial charge in [-0.15, -0.1) is 0 Å². The fraction of sp³-hybridized carbons (Fsp3) is 0.583. The Bertz CT molecular complexity index is 682. The number of carbonyl (C=O) groups excluding carboxylic acids is 1. The number of nitrogens with one attached hydrogen (secondary N) is 2. The maximum atomic E-state index is 12.7. The Balaban J connectivity index is 1.96. The van der Waals surface area contributed by atoms with E-state index in [2.05, 4.69) is 10.6 Å². The molecule has 0 aliphatic heterocycles. The summed E-state index contributed by atoms with van der Waals surface area (Å²) < 4.78 is 5.58. The minimum Gasteiger partial charge on any atom is -0.492 e. The summed E-state index contributed by atoms with van der Waals surface area (Å²) in [5.41, 5.74) is 0.823. The molecule has 2 N–H and O–H groups in total. The van der Waals surface area contributed by atoms with Crippen LogP contribution in [-0.2, 0) is 4.79 Å². The maximum Gasteiger partial charge on any atom is 0.263 e. The van der Waals surface area contributed by atoms with E-state index in [-0.39, 0.29) is 17.5 Å². The van der Waals surface area contributed by atoms with Crippen LogP contribution >= 0.6 is 0 Å². The van der Waals surface area contributed by atoms with Crippen molar-refractivity contribution in [2.75, 3.05) is 11.9 Å². The molecule has 0 radical (unpaired) electrons. The lowest BCUT2D eigenvalue weighted by Gasteiger charge is -2.19. The Hall–Kier alpha value is -2.48. The number of hydrogen-bond acceptors (Lipinski definition) is 4. The number of anilines is 1. The SMILES string of the molecule is CCOc1ccccc1N/C=C(/C#N)C(=O)NC1CCCCCCCCCCC1. The highest BCUT2D eigenvalue weighted by molar-refractivity contribution is 5.97. The lowest BCUT2D eigenvalue weighted by atomic mass is 9.98. The Morgan fingerprint density at radius 1 is 1.07 bits per heavy atom. The van der Waals surface area contributed by atoms with E-state index in [1.54, 1.807) is 0 Å². The molecule has 1 aromatic rings. The molecule has 5 nitrogen and oxygen atoms in total. The summed E-state index contributed by atoms with van der Waals surface area (Å²) in [6, 6.07) is 9.67. The number of para-hydroxylation sites is 2. The standard InChI is InChI=1S/C24H35N3O2/c1-2-29-23-17-13-12-16-22(23)26-19-20(18-25)24(28)27-21-14-10-8-6-4-3-5-7-9-11-15-21/h12-13,16-17,19,21,26H,2-11,14-15H2,1H3,(H,27,28)/b20-19-. The Morgan fingerprint density at radius 2 is 1.66 bits per heavy atom. The van der Waals surface area contributed by atoms with Crippen LogP contribution in [0.4, 0.5) is 5.69 Å². The van der Waals surface area contributed by atoms with E-state index in [1.165, 1.54) is 51.1 Å². The number of ether oxygens (including phenoxy) is 1. The van der Waals surface area contributed by atoms with Crippen molar-refractivity contribution in [1.29, 1.82) is 5.26 Å². The molecule has 2 rings (SSSR count). The number of amides is 1. The first-order chi connectivity index (χ1) is 14.2. The van der Waals surface area contributed by atoms with Crippen LogP contribution in [0.5, 0.6) is 5.75 Å². The van der Waals surface area contributed by atoms with Gasteiger partial charge in [-0.1, -0.05) is 69.9 Å². The Kier molecular flexibility index (Phi) is 10.7. The monoisotopic (exact) mass is 397 g/mol. The number of carbonyl (C=O) groups is 1. The Labute approximate surface area is 175 Å². The van der Waals surface area contributed by atoms with Gasteiger partial charge in [0.15, 0.2) is 0 Å². The van der Waals surface area contributed by atoms with Crippen LogP contribution in [0.3, 0.4) is 0 Å². The number of nitriles is 1. The lowest BCUT2D eigenvalue weighted by Crippen LogP contribution is -2.35. The van der Waals surface area contributed by atoms with Crippen LogP contribution in [0.25, 0.3) is 0 Å². The maximum absolute atomic E-state index is 12.7. The van der Waals surface area contributed by atoms with Gasteiger partial charge >= 0.3 is 0 Å². The second-order valence-electron chi connectivity index (χ2n) is 7.67. The normalized spacial score (nSPS) is 17.3. The first kappa shape index (κ1) is 22.8. The summed E-state index contributed by atoms with van der Waals surface area (Å²) >= 11 is 0. The number of benzene rings is 1. The molecule has 0 atom stereocenters. The first-order valence-electron chi connectivity index (χ1n) is 11.1. The number of nitrogens with zero attached hydrogens (tertiary/aromatic N) is 1. The average molecular weight is 398 g/mol. The summed E-state index contributed by atoms with van der Waals surface area (Å²) in [4.78, 5) is 12.7. The zero-order valence-electron chi connectivity index (χ0n) is 17.7. The Morgan fingerprint density at radius 3 is 2.24 bits per heavy atom. The van der Waals surface area contributed by atoms with Crippen molar-refractivity contribution in [1.82, 2.24) is 5.32 Å². The summed E-state index contributed by atoms with van der Waals surface area (Å²) in [7, 11) is 0. The fourth-order valence-electron chi connectivity index (χ4n) is 3.74. The molecule has 1 saturated carbocycles. The lowest BCUT2D eigenvalue weighted by molar-refractivity contribution is -0.117. The van der Waals surface area contributed by atoms with Gasteiger partial charge in [-0.2, -0.15) is 5.26 Å². The van der Waals surface area contributed by atoms with E-state index in [9.17, 15) is 10.1 Å². The van der Waals surface area contributed by atoms with Gasteiger partial charge in [0.05, 0.1) is 12.3 Å². The topological polar surface area (TPSA) is 74.1 Å². The highest BCUT2D eigenvalue weighted by Crippen LogP contribution is 2.24. The summed E-state index contributed by atoms with van der Waals surface area (Å²) in [6.07, 6.45) is 14.8. The molecule has 1 fully saturated rings. The third-order valence-corrected chi connectivity index (χ3v) is 5.36. The van der Waals surface area contributed by atoms with Crippen molar-refractivity contribution in [3.8, 4) is 11.8 Å². The van der Waals surface area contributed by atoms with Crippen molar-refractivity contribution in [2.24, 2.45) is 0 Å². The quantitative estimate of drug-likeness (QED) is 0.477. The first-order valence-corrected chi connectivity index (χ1v) is 11.1. The van der Waals surface area contributed by atoms with Gasteiger partial charge in [-0.25, -0.2) is 0 Å². The molecule has 1 aromatic carbocycles. The largest absolute Gasteiger partial charge is 0.492 e. The van der Waals surface area contributed by atoms with Crippen molar-refractivity contribution in [3.63, 3.8) is 0 Å². The second-order valence-corrected chi connectivity index (χ2v) is 7.67. The van der Waals surface area contributed by atoms with E-state index >= 15 is 0 Å². The molecule has 0 aromatic heterocycles. The summed E-state index contributed by atoms with van der Waals surface area (Å²) in [6.45, 7) is 2.47. The molecular formula is C24H35N3O2. The molecule has 1 aliphatic rings. The van der Waals surface area contributed by atoms with Crippen LogP contribution in [0.15, 0.2) is 36.0 Å². The number of rotatable bonds is 6. The van der Waals surface area contributed by atoms with Gasteiger partial charge in [0.1, 0.15) is 17.4 Å². The molecule has 0 unspecified atom stereocenters. The van der Waals surface area contributed by atoms with Crippen molar-refractivity contribution < 1.29 is 9.53 Å². The average Bonchev–Trinajstić information content (AvgIpc) is 2.72. The zero-order chi connectivity index (χ0) is 20.7. The molecule has 1 amide bonds. The number of hydrogen-bond donors (Lipinski definition) is 2. The van der Waals surface area contributed by atoms with Crippen LogP contribution in [0.2, 0.25) is 0 Å². The van der Waals surface area contributed by atoms with E-state index in [1.807, 2.05) is 37.3 Å². The second kappa shape index (κ2) is 13.7. The smallest absolute Gasteiger partial charge is 0.263 e. The van der Waals surface area contributed by atoms with Crippen LogP contribution < -0.4 is 15.4 Å². The van der Waals surface area contributed by atoms with Gasteiger partial charge in [-0.05, 0) is 31.9 Å². The minimum absolute atomic E-state index is 0.0856. The predicted molar refractivity (Wildman–Crippen MR) is 118 cm³/mol. The van der Waals surface area contributed by atoms with Gasteiger partial charge < -0.3 is 15.4 Å². The molecule has 0 saturated heterocycles. The van der Waals surface area contributed by atoms with Crippen molar-refractivity contribution >= 4 is 11.6 Å². The summed E-state index contributed by atoms with van der Waals surface area (Å²) in [5, 5.41) is 15.6. The van der Waals surface area contributed by atoms with Gasteiger partial charge in [0.25, 0.3) is 5.91 Å². The predicted octanol–water partition coefficient (Wildman–Crippen LogP) is 5.69. The molecule has 29 heavy (non-hydrogen) atoms. The molecular weight excluding hydrogens is 362 g/mol. The van der Waals surface area contributed by atoms with Crippen LogP contribution in [0.1, 0.15) is 77.6 Å². The van der Waals surface area contributed by atoms with Crippen molar-refractivity contribution in [3.05, 3.63) is 36.0 Å². The molecule has 0 bridgehead atoms. The van der Waals surface area contributed by atoms with Gasteiger partial charge in [0, 0.05) is 12.2 Å². The van der Waals surface area contributed by atoms with E-state index in [0.717, 1.165) is 31.4 Å². The molecule has 0 spiro atoms. The van der Waals surface area contributed by atoms with Gasteiger partial charge in [0.2, 0.25) is 0 Å². The van der Waals surface area contributed by atoms with Crippen LogP contribution in [-0.4, -0.2) is 18.6 Å². The van der Waals surface area contributed by atoms with Crippen LogP contribution in [0, 0.1) is 11.3 Å². The summed E-state index contributed by atoms with van der Waals surface area (Å²) in [5.74, 6) is 0.397. The highest BCUT2D eigenvalue weighted by Gasteiger charge is 2.16. The third kappa shape index (κ3) is 8.60. The molecule has 0 heterocycles. The van der Waals surface area contributed by atoms with E-state index in [0.29, 0.717) is 12.4 Å². The van der Waals surface area contributed by atoms with E-state index < -0.39 is 0 Å². The van der Waals surface area contributed by atoms with Crippen molar-refractivity contribution in [2.45, 2.75) is 83.6 Å². The third-order valence-electron chi connectivity index (χ3n) is 5.36. The fourth-order valence-corrected chi connectivity index (χ4v) is 3.74. The molecule has 5 heteroatoms. The molecule has 158 valence electrons. The molecule has 1 aliphatic carbocycles. The van der Waals surface area contributed by atoms with Gasteiger partial charge in [-0.3, -0.25) is 4.79 Å². The highest BCUT2D eigenvalue weighted by atomic mass is 16.5. The zero-order valence-corrected chi connectivity index (χ0v) is 17.7. The minimum atomic E-state index is -0.300. The van der Waals surface area contributed by atoms with E-state index in [4.69, 9.17) is 4.74 Å².